The van der Waals surface area contributed by atoms with E-state index in [1.165, 1.54) is 31.0 Å². The summed E-state index contributed by atoms with van der Waals surface area (Å²) in [6, 6.07) is 8.23. The van der Waals surface area contributed by atoms with Gasteiger partial charge < -0.3 is 15.2 Å². The Balaban J connectivity index is 1.88. The van der Waals surface area contributed by atoms with Gasteiger partial charge in [-0.1, -0.05) is 39.0 Å². The number of esters is 1. The van der Waals surface area contributed by atoms with E-state index in [0.717, 1.165) is 24.0 Å². The Morgan fingerprint density at radius 3 is 2.37 bits per heavy atom. The molecule has 0 bridgehead atoms. The van der Waals surface area contributed by atoms with Gasteiger partial charge in [0.2, 0.25) is 5.92 Å². The van der Waals surface area contributed by atoms with E-state index >= 15 is 0 Å². The van der Waals surface area contributed by atoms with Crippen molar-refractivity contribution in [3.05, 3.63) is 58.8 Å². The molecule has 3 rings (SSSR count). The molecular weight excluding hydrogens is 492 g/mol. The zero-order valence-corrected chi connectivity index (χ0v) is 23.0. The smallest absolute Gasteiger partial charge is 0.339 e. The standard InChI is InChI=1S/C29H39F2N3O4/c1-18-13-22(9-7-19(18)11-12-27(2,3)4)28(5,23(17-35)21-14-29(30,31)15-21)34-26(37)33-24-10-8-20(16-32-24)25(36)38-6/h7-10,13,16,21,23,35H,11-12,14-15,17H2,1-6H3,(H2,32,33,34,37)/t23?,28-/m0/s1. The van der Waals surface area contributed by atoms with Crippen molar-refractivity contribution in [1.29, 1.82) is 0 Å². The molecule has 1 unspecified atom stereocenters. The fourth-order valence-corrected chi connectivity index (χ4v) is 5.07. The predicted molar refractivity (Wildman–Crippen MR) is 142 cm³/mol. The molecule has 0 spiro atoms. The van der Waals surface area contributed by atoms with Crippen LogP contribution >= 0.6 is 0 Å². The van der Waals surface area contributed by atoms with Crippen molar-refractivity contribution < 1.29 is 28.2 Å². The second-order valence-corrected chi connectivity index (χ2v) is 11.7. The number of nitrogens with zero attached hydrogens (tertiary/aromatic N) is 1. The van der Waals surface area contributed by atoms with E-state index in [0.29, 0.717) is 0 Å². The Kier molecular flexibility index (Phi) is 8.81. The first-order valence-corrected chi connectivity index (χ1v) is 12.9. The first-order chi connectivity index (χ1) is 17.7. The molecule has 3 N–H and O–H groups in total. The Morgan fingerprint density at radius 2 is 1.87 bits per heavy atom. The summed E-state index contributed by atoms with van der Waals surface area (Å²) in [4.78, 5) is 28.9. The van der Waals surface area contributed by atoms with E-state index in [-0.39, 0.29) is 36.2 Å². The molecule has 2 amide bonds. The maximum absolute atomic E-state index is 13.8. The molecule has 7 nitrogen and oxygen atoms in total. The zero-order valence-electron chi connectivity index (χ0n) is 23.0. The van der Waals surface area contributed by atoms with Crippen molar-refractivity contribution in [3.63, 3.8) is 0 Å². The molecule has 1 fully saturated rings. The summed E-state index contributed by atoms with van der Waals surface area (Å²) < 4.78 is 32.3. The van der Waals surface area contributed by atoms with Crippen molar-refractivity contribution in [2.45, 2.75) is 71.8 Å². The second-order valence-electron chi connectivity index (χ2n) is 11.7. The van der Waals surface area contributed by atoms with Gasteiger partial charge in [-0.2, -0.15) is 0 Å². The largest absolute Gasteiger partial charge is 0.465 e. The number of aliphatic hydroxyl groups is 1. The number of urea groups is 1. The van der Waals surface area contributed by atoms with Crippen molar-refractivity contribution in [2.24, 2.45) is 17.3 Å². The zero-order chi connectivity index (χ0) is 28.3. The lowest BCUT2D eigenvalue weighted by atomic mass is 9.64. The van der Waals surface area contributed by atoms with Gasteiger partial charge in [-0.05, 0) is 66.8 Å². The number of rotatable bonds is 9. The molecule has 1 saturated carbocycles. The quantitative estimate of drug-likeness (QED) is 0.353. The van der Waals surface area contributed by atoms with Crippen molar-refractivity contribution in [1.82, 2.24) is 10.3 Å². The number of alkyl halides is 2. The molecule has 1 aromatic carbocycles. The number of aliphatic hydroxyl groups excluding tert-OH is 1. The average Bonchev–Trinajstić information content (AvgIpc) is 2.81. The van der Waals surface area contributed by atoms with Gasteiger partial charge in [0.1, 0.15) is 5.82 Å². The number of halogens is 2. The van der Waals surface area contributed by atoms with Gasteiger partial charge in [0.25, 0.3) is 0 Å². The average molecular weight is 532 g/mol. The van der Waals surface area contributed by atoms with Crippen LogP contribution in [0.5, 0.6) is 0 Å². The van der Waals surface area contributed by atoms with Gasteiger partial charge >= 0.3 is 12.0 Å². The fourth-order valence-electron chi connectivity index (χ4n) is 5.07. The number of pyridine rings is 1. The van der Waals surface area contributed by atoms with Crippen LogP contribution in [0.25, 0.3) is 0 Å². The van der Waals surface area contributed by atoms with Crippen LogP contribution in [0.4, 0.5) is 19.4 Å². The summed E-state index contributed by atoms with van der Waals surface area (Å²) in [7, 11) is 1.26. The van der Waals surface area contributed by atoms with Crippen LogP contribution in [-0.2, 0) is 16.7 Å². The minimum absolute atomic E-state index is 0.180. The predicted octanol–water partition coefficient (Wildman–Crippen LogP) is 5.85. The van der Waals surface area contributed by atoms with Gasteiger partial charge in [0.05, 0.1) is 18.2 Å². The van der Waals surface area contributed by atoms with E-state index in [4.69, 9.17) is 0 Å². The van der Waals surface area contributed by atoms with Gasteiger partial charge in [0, 0.05) is 31.6 Å². The third kappa shape index (κ3) is 7.07. The SMILES string of the molecule is COC(=O)c1ccc(NC(=O)N[C@@](C)(c2ccc(CCC(C)(C)C)c(C)c2)C(CO)C2CC(F)(F)C2)nc1. The summed E-state index contributed by atoms with van der Waals surface area (Å²) >= 11 is 0. The lowest BCUT2D eigenvalue weighted by molar-refractivity contribution is -0.141. The number of benzene rings is 1. The van der Waals surface area contributed by atoms with Crippen LogP contribution in [0.1, 0.15) is 74.0 Å². The molecule has 1 aliphatic carbocycles. The topological polar surface area (TPSA) is 101 Å². The molecular formula is C29H39F2N3O4. The minimum Gasteiger partial charge on any atom is -0.465 e. The first-order valence-electron chi connectivity index (χ1n) is 12.9. The van der Waals surface area contributed by atoms with E-state index in [1.54, 1.807) is 6.92 Å². The van der Waals surface area contributed by atoms with Crippen LogP contribution in [-0.4, -0.2) is 41.7 Å². The molecule has 2 aromatic rings. The van der Waals surface area contributed by atoms with Gasteiger partial charge in [0.15, 0.2) is 0 Å². The number of anilines is 1. The molecule has 38 heavy (non-hydrogen) atoms. The van der Waals surface area contributed by atoms with Crippen molar-refractivity contribution >= 4 is 17.8 Å². The maximum atomic E-state index is 13.8. The van der Waals surface area contributed by atoms with E-state index in [1.807, 2.05) is 25.1 Å². The molecule has 1 heterocycles. The number of amides is 2. The number of hydrogen-bond acceptors (Lipinski definition) is 5. The fraction of sp³-hybridized carbons (Fsp3) is 0.552. The number of methoxy groups -OCH3 is 1. The third-order valence-corrected chi connectivity index (χ3v) is 7.51. The van der Waals surface area contributed by atoms with Gasteiger partial charge in [-0.3, -0.25) is 5.32 Å². The van der Waals surface area contributed by atoms with Crippen molar-refractivity contribution in [2.75, 3.05) is 19.0 Å². The summed E-state index contributed by atoms with van der Waals surface area (Å²) in [6.45, 7) is 9.97. The molecule has 2 atom stereocenters. The molecule has 0 saturated heterocycles. The summed E-state index contributed by atoms with van der Waals surface area (Å²) in [5.74, 6) is -4.22. The molecule has 9 heteroatoms. The number of aromatic nitrogens is 1. The number of carbonyl (C=O) groups is 2. The number of aryl methyl sites for hydroxylation is 2. The van der Waals surface area contributed by atoms with E-state index in [9.17, 15) is 23.5 Å². The molecule has 208 valence electrons. The number of hydrogen-bond donors (Lipinski definition) is 3. The Morgan fingerprint density at radius 1 is 1.18 bits per heavy atom. The highest BCUT2D eigenvalue weighted by molar-refractivity contribution is 5.91. The van der Waals surface area contributed by atoms with Crippen LogP contribution in [0, 0.1) is 24.2 Å². The van der Waals surface area contributed by atoms with Crippen LogP contribution in [0.2, 0.25) is 0 Å². The molecule has 1 aliphatic rings. The number of nitrogens with one attached hydrogen (secondary N) is 2. The lowest BCUT2D eigenvalue weighted by Gasteiger charge is -2.48. The Bertz CT molecular complexity index is 1140. The summed E-state index contributed by atoms with van der Waals surface area (Å²) in [5, 5.41) is 16.0. The van der Waals surface area contributed by atoms with E-state index in [2.05, 4.69) is 41.1 Å². The lowest BCUT2D eigenvalue weighted by Crippen LogP contribution is -2.57. The molecule has 0 aliphatic heterocycles. The highest BCUT2D eigenvalue weighted by Crippen LogP contribution is 2.50. The number of ether oxygens (including phenoxy) is 1. The Labute approximate surface area is 223 Å². The highest BCUT2D eigenvalue weighted by atomic mass is 19.3. The van der Waals surface area contributed by atoms with E-state index < -0.39 is 35.3 Å². The van der Waals surface area contributed by atoms with Crippen LogP contribution in [0.3, 0.4) is 0 Å². The Hall–Kier alpha value is -3.07. The van der Waals surface area contributed by atoms with Gasteiger partial charge in [-0.25, -0.2) is 23.4 Å². The highest BCUT2D eigenvalue weighted by Gasteiger charge is 2.53. The normalized spacial score (nSPS) is 17.6. The first kappa shape index (κ1) is 29.5. The molecule has 0 radical (unpaired) electrons. The van der Waals surface area contributed by atoms with Crippen molar-refractivity contribution in [3.8, 4) is 0 Å². The maximum Gasteiger partial charge on any atom is 0.339 e. The van der Waals surface area contributed by atoms with Gasteiger partial charge in [-0.15, -0.1) is 0 Å². The summed E-state index contributed by atoms with van der Waals surface area (Å²) in [5.41, 5.74) is 2.22. The number of carbonyl (C=O) groups excluding carboxylic acids is 2. The van der Waals surface area contributed by atoms with Crippen LogP contribution < -0.4 is 10.6 Å². The molecule has 1 aromatic heterocycles. The third-order valence-electron chi connectivity index (χ3n) is 7.51. The monoisotopic (exact) mass is 531 g/mol. The summed E-state index contributed by atoms with van der Waals surface area (Å²) in [6.07, 6.45) is 2.51. The second kappa shape index (κ2) is 11.4. The minimum atomic E-state index is -2.76. The van der Waals surface area contributed by atoms with Crippen LogP contribution in [0.15, 0.2) is 36.5 Å².